The molecule has 3 N–H and O–H groups in total. The molecule has 0 aliphatic carbocycles. The smallest absolute Gasteiger partial charge is 0.111 e. The maximum Gasteiger partial charge on any atom is 0.111 e. The molecule has 0 saturated carbocycles. The van der Waals surface area contributed by atoms with Gasteiger partial charge in [0.1, 0.15) is 5.84 Å². The van der Waals surface area contributed by atoms with Gasteiger partial charge in [0.15, 0.2) is 0 Å². The molecule has 1 rings (SSSR count). The number of aliphatic imine (C=N–C) groups is 1. The average molecular weight is 141 g/mol. The standard InChI is InChI=1S/C7H15N3/c1-2-3-6-4-5-7(9-6)10-8/h6H,2-5,8H2,1H3,(H,9,10). The lowest BCUT2D eigenvalue weighted by Gasteiger charge is -2.00. The molecule has 0 spiro atoms. The number of nitrogens with two attached hydrogens (primary N) is 1. The Kier molecular flexibility index (Phi) is 2.68. The molecular weight excluding hydrogens is 126 g/mol. The van der Waals surface area contributed by atoms with E-state index < -0.39 is 0 Å². The molecule has 3 heteroatoms. The molecule has 0 aromatic heterocycles. The van der Waals surface area contributed by atoms with Crippen LogP contribution >= 0.6 is 0 Å². The van der Waals surface area contributed by atoms with Crippen LogP contribution in [0.2, 0.25) is 0 Å². The van der Waals surface area contributed by atoms with Crippen LogP contribution in [0.25, 0.3) is 0 Å². The third-order valence-electron chi connectivity index (χ3n) is 1.84. The predicted molar refractivity (Wildman–Crippen MR) is 42.7 cm³/mol. The van der Waals surface area contributed by atoms with Gasteiger partial charge in [-0.05, 0) is 12.8 Å². The van der Waals surface area contributed by atoms with E-state index in [4.69, 9.17) is 5.84 Å². The lowest BCUT2D eigenvalue weighted by molar-refractivity contribution is 0.604. The van der Waals surface area contributed by atoms with Crippen LogP contribution < -0.4 is 11.3 Å². The summed E-state index contributed by atoms with van der Waals surface area (Å²) in [6.07, 6.45) is 4.62. The zero-order valence-electron chi connectivity index (χ0n) is 6.43. The van der Waals surface area contributed by atoms with Gasteiger partial charge in [-0.3, -0.25) is 4.99 Å². The second-order valence-electron chi connectivity index (χ2n) is 2.70. The van der Waals surface area contributed by atoms with Crippen molar-refractivity contribution >= 4 is 5.84 Å². The topological polar surface area (TPSA) is 50.4 Å². The van der Waals surface area contributed by atoms with E-state index in [2.05, 4.69) is 17.3 Å². The summed E-state index contributed by atoms with van der Waals surface area (Å²) in [6.45, 7) is 2.18. The fourth-order valence-electron chi connectivity index (χ4n) is 1.30. The normalized spacial score (nSPS) is 24.6. The second kappa shape index (κ2) is 3.56. The summed E-state index contributed by atoms with van der Waals surface area (Å²) in [7, 11) is 0. The van der Waals surface area contributed by atoms with Gasteiger partial charge in [0.25, 0.3) is 0 Å². The fraction of sp³-hybridized carbons (Fsp3) is 0.857. The fourth-order valence-corrected chi connectivity index (χ4v) is 1.30. The molecule has 0 aromatic rings. The van der Waals surface area contributed by atoms with Gasteiger partial charge >= 0.3 is 0 Å². The van der Waals surface area contributed by atoms with Crippen molar-refractivity contribution in [3.63, 3.8) is 0 Å². The molecule has 1 heterocycles. The Labute approximate surface area is 61.7 Å². The molecule has 0 bridgehead atoms. The largest absolute Gasteiger partial charge is 0.312 e. The number of nitrogens with zero attached hydrogens (tertiary/aromatic N) is 1. The van der Waals surface area contributed by atoms with Crippen molar-refractivity contribution in [1.82, 2.24) is 5.43 Å². The summed E-state index contributed by atoms with van der Waals surface area (Å²) >= 11 is 0. The third kappa shape index (κ3) is 1.70. The van der Waals surface area contributed by atoms with E-state index in [0.717, 1.165) is 12.3 Å². The van der Waals surface area contributed by atoms with Crippen LogP contribution in [-0.2, 0) is 0 Å². The van der Waals surface area contributed by atoms with Crippen molar-refractivity contribution in [2.24, 2.45) is 10.8 Å². The summed E-state index contributed by atoms with van der Waals surface area (Å²) in [4.78, 5) is 4.38. The minimum absolute atomic E-state index is 0.538. The van der Waals surface area contributed by atoms with Crippen LogP contribution in [0.4, 0.5) is 0 Å². The van der Waals surface area contributed by atoms with Gasteiger partial charge in [-0.1, -0.05) is 13.3 Å². The number of hydrogen-bond donors (Lipinski definition) is 2. The molecule has 10 heavy (non-hydrogen) atoms. The van der Waals surface area contributed by atoms with Gasteiger partial charge in [-0.15, -0.1) is 0 Å². The van der Waals surface area contributed by atoms with Crippen molar-refractivity contribution in [3.05, 3.63) is 0 Å². The molecule has 1 atom stereocenters. The monoisotopic (exact) mass is 141 g/mol. The zero-order chi connectivity index (χ0) is 7.40. The summed E-state index contributed by atoms with van der Waals surface area (Å²) in [5.41, 5.74) is 2.60. The Balaban J connectivity index is 2.32. The first kappa shape index (κ1) is 7.54. The first-order chi connectivity index (χ1) is 4.86. The highest BCUT2D eigenvalue weighted by molar-refractivity contribution is 5.83. The van der Waals surface area contributed by atoms with Gasteiger partial charge in [-0.25, -0.2) is 5.84 Å². The quantitative estimate of drug-likeness (QED) is 0.441. The van der Waals surface area contributed by atoms with Crippen molar-refractivity contribution in [3.8, 4) is 0 Å². The molecular formula is C7H15N3. The Morgan fingerprint density at radius 3 is 3.10 bits per heavy atom. The van der Waals surface area contributed by atoms with Crippen LogP contribution in [0.1, 0.15) is 32.6 Å². The molecule has 1 aliphatic heterocycles. The minimum atomic E-state index is 0.538. The number of nitrogens with one attached hydrogen (secondary N) is 1. The Morgan fingerprint density at radius 2 is 2.60 bits per heavy atom. The SMILES string of the molecule is CCCC1CCC(NN)=N1. The average Bonchev–Trinajstić information content (AvgIpc) is 2.37. The number of rotatable bonds is 2. The van der Waals surface area contributed by atoms with Gasteiger partial charge in [0.05, 0.1) is 6.04 Å². The lowest BCUT2D eigenvalue weighted by Crippen LogP contribution is -2.28. The van der Waals surface area contributed by atoms with Crippen molar-refractivity contribution in [2.75, 3.05) is 0 Å². The first-order valence-electron chi connectivity index (χ1n) is 3.90. The number of hydrazine groups is 1. The second-order valence-corrected chi connectivity index (χ2v) is 2.70. The highest BCUT2D eigenvalue weighted by atomic mass is 15.3. The summed E-state index contributed by atoms with van der Waals surface area (Å²) in [5.74, 6) is 6.18. The number of amidine groups is 1. The van der Waals surface area contributed by atoms with E-state index >= 15 is 0 Å². The van der Waals surface area contributed by atoms with Gasteiger partial charge < -0.3 is 5.43 Å². The molecule has 0 amide bonds. The molecule has 3 nitrogen and oxygen atoms in total. The summed E-state index contributed by atoms with van der Waals surface area (Å²) in [6, 6.07) is 0.538. The van der Waals surface area contributed by atoms with Crippen molar-refractivity contribution in [1.29, 1.82) is 0 Å². The molecule has 0 fully saturated rings. The van der Waals surface area contributed by atoms with Crippen LogP contribution in [0.15, 0.2) is 4.99 Å². The molecule has 0 aromatic carbocycles. The van der Waals surface area contributed by atoms with E-state index in [9.17, 15) is 0 Å². The maximum atomic E-state index is 5.21. The molecule has 58 valence electrons. The van der Waals surface area contributed by atoms with Crippen LogP contribution in [0.3, 0.4) is 0 Å². The van der Waals surface area contributed by atoms with E-state index in [1.54, 1.807) is 0 Å². The highest BCUT2D eigenvalue weighted by Crippen LogP contribution is 2.15. The van der Waals surface area contributed by atoms with E-state index in [1.807, 2.05) is 0 Å². The van der Waals surface area contributed by atoms with Gasteiger partial charge in [0.2, 0.25) is 0 Å². The molecule has 1 unspecified atom stereocenters. The van der Waals surface area contributed by atoms with Gasteiger partial charge in [0, 0.05) is 6.42 Å². The first-order valence-corrected chi connectivity index (χ1v) is 3.90. The van der Waals surface area contributed by atoms with Crippen LogP contribution in [0.5, 0.6) is 0 Å². The lowest BCUT2D eigenvalue weighted by atomic mass is 10.1. The van der Waals surface area contributed by atoms with E-state index in [0.29, 0.717) is 6.04 Å². The van der Waals surface area contributed by atoms with Crippen LogP contribution in [-0.4, -0.2) is 11.9 Å². The third-order valence-corrected chi connectivity index (χ3v) is 1.84. The summed E-state index contributed by atoms with van der Waals surface area (Å²) in [5, 5.41) is 0. The highest BCUT2D eigenvalue weighted by Gasteiger charge is 2.14. The number of hydrogen-bond acceptors (Lipinski definition) is 3. The molecule has 1 aliphatic rings. The Morgan fingerprint density at radius 1 is 1.80 bits per heavy atom. The minimum Gasteiger partial charge on any atom is -0.312 e. The maximum absolute atomic E-state index is 5.21. The predicted octanol–water partition coefficient (Wildman–Crippen LogP) is 0.811. The van der Waals surface area contributed by atoms with Crippen molar-refractivity contribution in [2.45, 2.75) is 38.6 Å². The Hall–Kier alpha value is -0.570. The van der Waals surface area contributed by atoms with Crippen molar-refractivity contribution < 1.29 is 0 Å². The molecule has 0 radical (unpaired) electrons. The Bertz CT molecular complexity index is 131. The van der Waals surface area contributed by atoms with E-state index in [1.165, 1.54) is 19.3 Å². The molecule has 0 saturated heterocycles. The zero-order valence-corrected chi connectivity index (χ0v) is 6.43. The van der Waals surface area contributed by atoms with Gasteiger partial charge in [-0.2, -0.15) is 0 Å². The van der Waals surface area contributed by atoms with E-state index in [-0.39, 0.29) is 0 Å². The van der Waals surface area contributed by atoms with Crippen LogP contribution in [0, 0.1) is 0 Å². The summed E-state index contributed by atoms with van der Waals surface area (Å²) < 4.78 is 0.